The first kappa shape index (κ1) is 11.9. The highest BCUT2D eigenvalue weighted by Crippen LogP contribution is 2.39. The van der Waals surface area contributed by atoms with Crippen LogP contribution >= 0.6 is 0 Å². The largest absolute Gasteiger partial charge is 0.355 e. The summed E-state index contributed by atoms with van der Waals surface area (Å²) in [6.45, 7) is 3.10. The van der Waals surface area contributed by atoms with Crippen LogP contribution in [0.15, 0.2) is 0 Å². The summed E-state index contributed by atoms with van der Waals surface area (Å²) < 4.78 is 0. The molecule has 2 saturated carbocycles. The summed E-state index contributed by atoms with van der Waals surface area (Å²) in [5.41, 5.74) is 6.37. The summed E-state index contributed by atoms with van der Waals surface area (Å²) in [5.74, 6) is 0.262. The van der Waals surface area contributed by atoms with Crippen molar-refractivity contribution in [1.29, 1.82) is 0 Å². The van der Waals surface area contributed by atoms with Crippen LogP contribution in [0.3, 0.4) is 0 Å². The Morgan fingerprint density at radius 2 is 2.00 bits per heavy atom. The van der Waals surface area contributed by atoms with Crippen LogP contribution < -0.4 is 11.1 Å². The molecular weight excluding hydrogens is 200 g/mol. The number of amides is 1. The third-order valence-corrected chi connectivity index (χ3v) is 4.41. The van der Waals surface area contributed by atoms with E-state index in [1.165, 1.54) is 25.7 Å². The van der Waals surface area contributed by atoms with Gasteiger partial charge >= 0.3 is 0 Å². The number of carbonyl (C=O) groups is 1. The molecule has 1 amide bonds. The summed E-state index contributed by atoms with van der Waals surface area (Å²) >= 11 is 0. The van der Waals surface area contributed by atoms with Gasteiger partial charge < -0.3 is 11.1 Å². The van der Waals surface area contributed by atoms with Crippen LogP contribution in [0.2, 0.25) is 0 Å². The van der Waals surface area contributed by atoms with E-state index < -0.39 is 0 Å². The van der Waals surface area contributed by atoms with Crippen molar-refractivity contribution in [3.05, 3.63) is 0 Å². The number of carbonyl (C=O) groups excluding carboxylic acids is 1. The molecule has 3 nitrogen and oxygen atoms in total. The zero-order valence-corrected chi connectivity index (χ0v) is 10.3. The third kappa shape index (κ3) is 2.57. The Morgan fingerprint density at radius 1 is 1.31 bits per heavy atom. The van der Waals surface area contributed by atoms with Gasteiger partial charge in [-0.2, -0.15) is 0 Å². The van der Waals surface area contributed by atoms with Gasteiger partial charge in [0.15, 0.2) is 0 Å². The molecule has 16 heavy (non-hydrogen) atoms. The second-order valence-corrected chi connectivity index (χ2v) is 5.94. The first-order valence-corrected chi connectivity index (χ1v) is 6.64. The Morgan fingerprint density at radius 3 is 2.56 bits per heavy atom. The molecule has 0 bridgehead atoms. The molecule has 0 saturated heterocycles. The summed E-state index contributed by atoms with van der Waals surface area (Å²) in [6, 6.07) is 0.0861. The van der Waals surface area contributed by atoms with Crippen LogP contribution in [0.4, 0.5) is 0 Å². The summed E-state index contributed by atoms with van der Waals surface area (Å²) in [4.78, 5) is 12.0. The number of rotatable bonds is 3. The van der Waals surface area contributed by atoms with Crippen molar-refractivity contribution in [3.8, 4) is 0 Å². The molecule has 0 spiro atoms. The van der Waals surface area contributed by atoms with E-state index in [-0.39, 0.29) is 17.9 Å². The van der Waals surface area contributed by atoms with Crippen molar-refractivity contribution < 1.29 is 4.79 Å². The predicted molar refractivity (Wildman–Crippen MR) is 64.9 cm³/mol. The van der Waals surface area contributed by atoms with Crippen LogP contribution in [0, 0.1) is 11.3 Å². The maximum atomic E-state index is 12.0. The van der Waals surface area contributed by atoms with Crippen molar-refractivity contribution in [2.24, 2.45) is 17.1 Å². The highest BCUT2D eigenvalue weighted by Gasteiger charge is 2.34. The minimum Gasteiger partial charge on any atom is -0.355 e. The Balaban J connectivity index is 1.78. The van der Waals surface area contributed by atoms with Gasteiger partial charge in [-0.1, -0.05) is 26.2 Å². The molecule has 0 aromatic carbocycles. The van der Waals surface area contributed by atoms with Crippen molar-refractivity contribution in [3.63, 3.8) is 0 Å². The Labute approximate surface area is 98.2 Å². The van der Waals surface area contributed by atoms with E-state index in [1.807, 2.05) is 0 Å². The molecule has 0 aromatic rings. The summed E-state index contributed by atoms with van der Waals surface area (Å²) in [7, 11) is 0. The van der Waals surface area contributed by atoms with Gasteiger partial charge in [0.1, 0.15) is 0 Å². The van der Waals surface area contributed by atoms with E-state index in [2.05, 4.69) is 12.2 Å². The van der Waals surface area contributed by atoms with Crippen molar-refractivity contribution in [2.75, 3.05) is 6.54 Å². The van der Waals surface area contributed by atoms with E-state index in [0.717, 1.165) is 25.8 Å². The molecule has 0 aliphatic heterocycles. The zero-order valence-electron chi connectivity index (χ0n) is 10.3. The van der Waals surface area contributed by atoms with Crippen molar-refractivity contribution >= 4 is 5.91 Å². The molecule has 2 aliphatic carbocycles. The minimum atomic E-state index is 0.0671. The minimum absolute atomic E-state index is 0.0671. The fourth-order valence-corrected chi connectivity index (χ4v) is 2.87. The summed E-state index contributed by atoms with van der Waals surface area (Å²) in [6.07, 6.45) is 8.15. The fourth-order valence-electron chi connectivity index (χ4n) is 2.87. The second kappa shape index (κ2) is 4.74. The molecule has 0 radical (unpaired) electrons. The predicted octanol–water partition coefficient (Wildman–Crippen LogP) is 1.81. The van der Waals surface area contributed by atoms with E-state index in [9.17, 15) is 4.79 Å². The molecule has 0 aromatic heterocycles. The number of hydrogen-bond acceptors (Lipinski definition) is 2. The zero-order chi connectivity index (χ0) is 11.6. The molecule has 2 unspecified atom stereocenters. The van der Waals surface area contributed by atoms with Gasteiger partial charge in [0, 0.05) is 12.6 Å². The number of nitrogens with two attached hydrogens (primary N) is 1. The molecule has 92 valence electrons. The Bertz CT molecular complexity index is 261. The molecule has 3 N–H and O–H groups in total. The molecule has 2 atom stereocenters. The van der Waals surface area contributed by atoms with Gasteiger partial charge in [-0.3, -0.25) is 4.79 Å². The summed E-state index contributed by atoms with van der Waals surface area (Å²) in [5, 5.41) is 3.11. The van der Waals surface area contributed by atoms with Crippen LogP contribution in [0.25, 0.3) is 0 Å². The van der Waals surface area contributed by atoms with Crippen LogP contribution in [0.5, 0.6) is 0 Å². The lowest BCUT2D eigenvalue weighted by atomic mass is 9.70. The van der Waals surface area contributed by atoms with Crippen molar-refractivity contribution in [2.45, 2.75) is 57.9 Å². The highest BCUT2D eigenvalue weighted by molar-refractivity contribution is 5.79. The van der Waals surface area contributed by atoms with E-state index in [4.69, 9.17) is 5.73 Å². The molecule has 0 heterocycles. The average molecular weight is 224 g/mol. The van der Waals surface area contributed by atoms with Crippen LogP contribution in [0.1, 0.15) is 51.9 Å². The molecule has 2 fully saturated rings. The maximum Gasteiger partial charge on any atom is 0.224 e. The van der Waals surface area contributed by atoms with Gasteiger partial charge in [-0.15, -0.1) is 0 Å². The fraction of sp³-hybridized carbons (Fsp3) is 0.923. The number of nitrogens with one attached hydrogen (secondary N) is 1. The maximum absolute atomic E-state index is 12.0. The van der Waals surface area contributed by atoms with E-state index in [0.29, 0.717) is 5.41 Å². The van der Waals surface area contributed by atoms with Crippen LogP contribution in [-0.2, 0) is 4.79 Å². The Hall–Kier alpha value is -0.570. The average Bonchev–Trinajstić information content (AvgIpc) is 2.24. The van der Waals surface area contributed by atoms with Gasteiger partial charge in [0.05, 0.1) is 5.92 Å². The molecule has 3 heteroatoms. The SMILES string of the molecule is CC1(CNC(=O)C2CCCCC2N)CCC1. The number of hydrogen-bond donors (Lipinski definition) is 2. The molecular formula is C13H24N2O. The van der Waals surface area contributed by atoms with E-state index in [1.54, 1.807) is 0 Å². The molecule has 2 rings (SSSR count). The lowest BCUT2D eigenvalue weighted by Crippen LogP contribution is -2.47. The van der Waals surface area contributed by atoms with Gasteiger partial charge in [-0.25, -0.2) is 0 Å². The monoisotopic (exact) mass is 224 g/mol. The van der Waals surface area contributed by atoms with Gasteiger partial charge in [0.2, 0.25) is 5.91 Å². The quantitative estimate of drug-likeness (QED) is 0.768. The van der Waals surface area contributed by atoms with Gasteiger partial charge in [-0.05, 0) is 31.1 Å². The lowest BCUT2D eigenvalue weighted by Gasteiger charge is -2.39. The lowest BCUT2D eigenvalue weighted by molar-refractivity contribution is -0.127. The topological polar surface area (TPSA) is 55.1 Å². The Kier molecular flexibility index (Phi) is 3.53. The van der Waals surface area contributed by atoms with E-state index >= 15 is 0 Å². The third-order valence-electron chi connectivity index (χ3n) is 4.41. The second-order valence-electron chi connectivity index (χ2n) is 5.94. The molecule has 2 aliphatic rings. The first-order chi connectivity index (χ1) is 7.61. The normalized spacial score (nSPS) is 32.9. The first-order valence-electron chi connectivity index (χ1n) is 6.64. The standard InChI is InChI=1S/C13H24N2O/c1-13(7-4-8-13)9-15-12(16)10-5-2-3-6-11(10)14/h10-11H,2-9,14H2,1H3,(H,15,16). The van der Waals surface area contributed by atoms with Gasteiger partial charge in [0.25, 0.3) is 0 Å². The van der Waals surface area contributed by atoms with Crippen molar-refractivity contribution in [1.82, 2.24) is 5.32 Å². The smallest absolute Gasteiger partial charge is 0.224 e. The van der Waals surface area contributed by atoms with Crippen LogP contribution in [-0.4, -0.2) is 18.5 Å². The highest BCUT2D eigenvalue weighted by atomic mass is 16.1.